The zero-order chi connectivity index (χ0) is 19.0. The first-order chi connectivity index (χ1) is 13.0. The fraction of sp³-hybridized carbons (Fsp3) is 0.667. The lowest BCUT2D eigenvalue weighted by Crippen LogP contribution is -2.44. The number of hydrogen-bond donors (Lipinski definition) is 1. The molecule has 4 nitrogen and oxygen atoms in total. The van der Waals surface area contributed by atoms with Crippen molar-refractivity contribution in [3.05, 3.63) is 16.3 Å². The summed E-state index contributed by atoms with van der Waals surface area (Å²) in [7, 11) is 0. The summed E-state index contributed by atoms with van der Waals surface area (Å²) in [5, 5.41) is 5.51. The summed E-state index contributed by atoms with van der Waals surface area (Å²) in [6.07, 6.45) is 8.41. The number of nitrogens with zero attached hydrogens (tertiary/aromatic N) is 2. The predicted molar refractivity (Wildman–Crippen MR) is 114 cm³/mol. The van der Waals surface area contributed by atoms with Gasteiger partial charge in [0, 0.05) is 16.3 Å². The summed E-state index contributed by atoms with van der Waals surface area (Å²) in [4.78, 5) is 24.6. The van der Waals surface area contributed by atoms with Gasteiger partial charge in [-0.15, -0.1) is 11.3 Å². The Bertz CT molecular complexity index is 848. The highest BCUT2D eigenvalue weighted by Gasteiger charge is 2.28. The van der Waals surface area contributed by atoms with E-state index in [2.05, 4.69) is 24.1 Å². The first kappa shape index (κ1) is 19.2. The number of carbonyl (C=O) groups excluding carboxylic acids is 1. The Labute approximate surface area is 169 Å². The second kappa shape index (κ2) is 8.08. The Balaban J connectivity index is 1.48. The van der Waals surface area contributed by atoms with Crippen LogP contribution in [-0.4, -0.2) is 27.7 Å². The molecule has 27 heavy (non-hydrogen) atoms. The molecular weight excluding hydrogens is 374 g/mol. The van der Waals surface area contributed by atoms with Crippen molar-refractivity contribution >= 4 is 39.2 Å². The molecule has 6 heteroatoms. The van der Waals surface area contributed by atoms with Crippen LogP contribution in [0.2, 0.25) is 0 Å². The molecule has 2 heterocycles. The molecule has 2 aromatic heterocycles. The van der Waals surface area contributed by atoms with E-state index < -0.39 is 0 Å². The van der Waals surface area contributed by atoms with E-state index >= 15 is 0 Å². The molecule has 1 N–H and O–H groups in total. The molecular formula is C21H29N3OS2. The van der Waals surface area contributed by atoms with Crippen LogP contribution < -0.4 is 5.32 Å². The number of nitrogens with one attached hydrogen (secondary N) is 1. The molecule has 2 aromatic rings. The van der Waals surface area contributed by atoms with Gasteiger partial charge in [-0.25, -0.2) is 9.97 Å². The van der Waals surface area contributed by atoms with Gasteiger partial charge < -0.3 is 5.32 Å². The molecule has 4 rings (SSSR count). The van der Waals surface area contributed by atoms with Crippen molar-refractivity contribution in [3.63, 3.8) is 0 Å². The molecule has 1 amide bonds. The van der Waals surface area contributed by atoms with Gasteiger partial charge in [0.2, 0.25) is 5.91 Å². The Kier molecular flexibility index (Phi) is 5.74. The second-order valence-electron chi connectivity index (χ2n) is 8.20. The van der Waals surface area contributed by atoms with Crippen LogP contribution in [0.4, 0.5) is 0 Å². The summed E-state index contributed by atoms with van der Waals surface area (Å²) in [6.45, 7) is 6.53. The average Bonchev–Trinajstić information content (AvgIpc) is 3.01. The van der Waals surface area contributed by atoms with Crippen LogP contribution in [0.15, 0.2) is 5.03 Å². The molecule has 0 aromatic carbocycles. The fourth-order valence-electron chi connectivity index (χ4n) is 4.50. The number of carbonyl (C=O) groups is 1. The lowest BCUT2D eigenvalue weighted by molar-refractivity contribution is -0.119. The van der Waals surface area contributed by atoms with Gasteiger partial charge in [-0.05, 0) is 56.4 Å². The van der Waals surface area contributed by atoms with Crippen molar-refractivity contribution in [1.82, 2.24) is 15.3 Å². The summed E-state index contributed by atoms with van der Waals surface area (Å²) < 4.78 is 0. The maximum absolute atomic E-state index is 12.6. The Morgan fingerprint density at radius 2 is 2.00 bits per heavy atom. The largest absolute Gasteiger partial charge is 0.352 e. The molecule has 2 aliphatic rings. The predicted octanol–water partition coefficient (Wildman–Crippen LogP) is 4.91. The highest BCUT2D eigenvalue weighted by Crippen LogP contribution is 2.39. The first-order valence-electron chi connectivity index (χ1n) is 10.2. The smallest absolute Gasteiger partial charge is 0.230 e. The number of thioether (sulfide) groups is 1. The summed E-state index contributed by atoms with van der Waals surface area (Å²) >= 11 is 3.41. The Morgan fingerprint density at radius 1 is 1.19 bits per heavy atom. The molecule has 3 unspecified atom stereocenters. The first-order valence-corrected chi connectivity index (χ1v) is 12.0. The van der Waals surface area contributed by atoms with E-state index in [-0.39, 0.29) is 5.91 Å². The van der Waals surface area contributed by atoms with Crippen LogP contribution in [0.25, 0.3) is 10.2 Å². The molecule has 0 aliphatic heterocycles. The molecule has 0 bridgehead atoms. The van der Waals surface area contributed by atoms with E-state index in [1.807, 2.05) is 18.3 Å². The van der Waals surface area contributed by atoms with Gasteiger partial charge >= 0.3 is 0 Å². The van der Waals surface area contributed by atoms with Gasteiger partial charge in [-0.2, -0.15) is 0 Å². The molecule has 0 saturated heterocycles. The average molecular weight is 404 g/mol. The second-order valence-corrected chi connectivity index (χ2v) is 10.2. The fourth-order valence-corrected chi connectivity index (χ4v) is 6.78. The van der Waals surface area contributed by atoms with E-state index in [1.54, 1.807) is 11.8 Å². The zero-order valence-electron chi connectivity index (χ0n) is 16.5. The van der Waals surface area contributed by atoms with Crippen LogP contribution in [0.3, 0.4) is 0 Å². The molecule has 0 spiro atoms. The van der Waals surface area contributed by atoms with Gasteiger partial charge in [0.1, 0.15) is 15.7 Å². The summed E-state index contributed by atoms with van der Waals surface area (Å²) in [6, 6.07) is 0.322. The van der Waals surface area contributed by atoms with Crippen LogP contribution in [0.1, 0.15) is 62.2 Å². The van der Waals surface area contributed by atoms with Crippen molar-refractivity contribution in [2.24, 2.45) is 11.8 Å². The molecule has 0 radical (unpaired) electrons. The van der Waals surface area contributed by atoms with Crippen molar-refractivity contribution in [2.75, 3.05) is 5.75 Å². The van der Waals surface area contributed by atoms with Gasteiger partial charge in [0.15, 0.2) is 0 Å². The SMILES string of the molecule is Cc1nc(SCC(=O)NC2CCCC(C)C2C)c2c3c(sc2n1)CCCC3. The van der Waals surface area contributed by atoms with Crippen LogP contribution in [0, 0.1) is 18.8 Å². The van der Waals surface area contributed by atoms with Crippen molar-refractivity contribution in [3.8, 4) is 0 Å². The Hall–Kier alpha value is -1.14. The highest BCUT2D eigenvalue weighted by molar-refractivity contribution is 8.00. The number of thiophene rings is 1. The minimum atomic E-state index is 0.138. The standard InChI is InChI=1S/C21H29N3OS2/c1-12-7-6-9-16(13(12)2)24-18(25)11-26-20-19-15-8-4-5-10-17(15)27-21(19)23-14(3)22-20/h12-13,16H,4-11H2,1-3H3,(H,24,25). The number of rotatable bonds is 4. The van der Waals surface area contributed by atoms with E-state index in [0.29, 0.717) is 23.6 Å². The van der Waals surface area contributed by atoms with Crippen LogP contribution in [-0.2, 0) is 17.6 Å². The van der Waals surface area contributed by atoms with Gasteiger partial charge in [0.25, 0.3) is 0 Å². The zero-order valence-corrected chi connectivity index (χ0v) is 18.1. The topological polar surface area (TPSA) is 54.9 Å². The molecule has 1 fully saturated rings. The van der Waals surface area contributed by atoms with Gasteiger partial charge in [0.05, 0.1) is 5.75 Å². The molecule has 2 aliphatic carbocycles. The third kappa shape index (κ3) is 4.02. The number of aryl methyl sites for hydroxylation is 3. The minimum absolute atomic E-state index is 0.138. The number of aromatic nitrogens is 2. The lowest BCUT2D eigenvalue weighted by Gasteiger charge is -2.34. The highest BCUT2D eigenvalue weighted by atomic mass is 32.2. The van der Waals surface area contributed by atoms with Crippen molar-refractivity contribution in [1.29, 1.82) is 0 Å². The van der Waals surface area contributed by atoms with Crippen molar-refractivity contribution < 1.29 is 4.79 Å². The quantitative estimate of drug-likeness (QED) is 0.582. The summed E-state index contributed by atoms with van der Waals surface area (Å²) in [5.41, 5.74) is 1.44. The summed E-state index contributed by atoms with van der Waals surface area (Å²) in [5.74, 6) is 2.63. The molecule has 1 saturated carbocycles. The minimum Gasteiger partial charge on any atom is -0.352 e. The normalized spacial score (nSPS) is 25.4. The number of amides is 1. The maximum Gasteiger partial charge on any atom is 0.230 e. The van der Waals surface area contributed by atoms with Crippen molar-refractivity contribution in [2.45, 2.75) is 76.8 Å². The van der Waals surface area contributed by atoms with E-state index in [0.717, 1.165) is 34.9 Å². The van der Waals surface area contributed by atoms with Gasteiger partial charge in [-0.3, -0.25) is 4.79 Å². The molecule has 146 valence electrons. The monoisotopic (exact) mass is 403 g/mol. The molecule has 3 atom stereocenters. The number of fused-ring (bicyclic) bond motifs is 3. The number of hydrogen-bond acceptors (Lipinski definition) is 5. The Morgan fingerprint density at radius 3 is 2.85 bits per heavy atom. The van der Waals surface area contributed by atoms with Crippen LogP contribution >= 0.6 is 23.1 Å². The third-order valence-corrected chi connectivity index (χ3v) is 8.45. The van der Waals surface area contributed by atoms with E-state index in [9.17, 15) is 4.79 Å². The lowest BCUT2D eigenvalue weighted by atomic mass is 9.78. The maximum atomic E-state index is 12.6. The third-order valence-electron chi connectivity index (χ3n) is 6.29. The van der Waals surface area contributed by atoms with E-state index in [4.69, 9.17) is 4.98 Å². The van der Waals surface area contributed by atoms with E-state index in [1.165, 1.54) is 41.5 Å². The van der Waals surface area contributed by atoms with Crippen LogP contribution in [0.5, 0.6) is 0 Å². The van der Waals surface area contributed by atoms with Gasteiger partial charge in [-0.1, -0.05) is 38.5 Å².